The smallest absolute Gasteiger partial charge is 0.126 e. The maximum Gasteiger partial charge on any atom is 0.126 e. The Balaban J connectivity index is 1.80. The molecule has 5 heteroatoms. The molecule has 4 nitrogen and oxygen atoms in total. The van der Waals surface area contributed by atoms with Crippen molar-refractivity contribution in [3.8, 4) is 0 Å². The van der Waals surface area contributed by atoms with E-state index < -0.39 is 0 Å². The number of hydrogen-bond acceptors (Lipinski definition) is 3. The minimum atomic E-state index is 0.133. The van der Waals surface area contributed by atoms with E-state index in [1.165, 1.54) is 0 Å². The van der Waals surface area contributed by atoms with E-state index in [2.05, 4.69) is 29.0 Å². The van der Waals surface area contributed by atoms with Crippen molar-refractivity contribution in [1.29, 1.82) is 0 Å². The summed E-state index contributed by atoms with van der Waals surface area (Å²) in [4.78, 5) is 4.70. The van der Waals surface area contributed by atoms with Crippen LogP contribution in [-0.4, -0.2) is 27.3 Å². The summed E-state index contributed by atoms with van der Waals surface area (Å²) in [5, 5.41) is 13.5. The number of nitrogens with zero attached hydrogens (tertiary/aromatic N) is 2. The van der Waals surface area contributed by atoms with E-state index in [1.54, 1.807) is 0 Å². The topological polar surface area (TPSA) is 50.1 Å². The number of aromatic nitrogens is 2. The highest BCUT2D eigenvalue weighted by Gasteiger charge is 2.22. The maximum absolute atomic E-state index is 9.19. The van der Waals surface area contributed by atoms with Crippen LogP contribution in [0, 0.1) is 5.92 Å². The predicted molar refractivity (Wildman–Crippen MR) is 85.4 cm³/mol. The molecule has 0 spiro atoms. The van der Waals surface area contributed by atoms with Crippen LogP contribution in [0.25, 0.3) is 11.0 Å². The zero-order chi connectivity index (χ0) is 15.0. The quantitative estimate of drug-likeness (QED) is 0.854. The third-order valence-electron chi connectivity index (χ3n) is 4.14. The summed E-state index contributed by atoms with van der Waals surface area (Å²) < 4.78 is 2.10. The summed E-state index contributed by atoms with van der Waals surface area (Å²) >= 11 is 6.03. The van der Waals surface area contributed by atoms with E-state index in [-0.39, 0.29) is 18.6 Å². The van der Waals surface area contributed by atoms with Gasteiger partial charge in [0.05, 0.1) is 17.1 Å². The minimum Gasteiger partial charge on any atom is -0.396 e. The summed E-state index contributed by atoms with van der Waals surface area (Å²) in [6, 6.07) is 6.20. The van der Waals surface area contributed by atoms with E-state index in [9.17, 15) is 5.11 Å². The van der Waals surface area contributed by atoms with Crippen LogP contribution < -0.4 is 5.32 Å². The van der Waals surface area contributed by atoms with Crippen LogP contribution in [0.4, 0.5) is 0 Å². The molecule has 1 heterocycles. The van der Waals surface area contributed by atoms with E-state index in [1.807, 2.05) is 25.2 Å². The number of benzene rings is 1. The van der Waals surface area contributed by atoms with Gasteiger partial charge in [0.1, 0.15) is 5.82 Å². The zero-order valence-corrected chi connectivity index (χ0v) is 13.0. The summed E-state index contributed by atoms with van der Waals surface area (Å²) in [7, 11) is 2.03. The Labute approximate surface area is 129 Å². The molecule has 2 N–H and O–H groups in total. The summed E-state index contributed by atoms with van der Waals surface area (Å²) in [6.45, 7) is 2.33. The Hall–Kier alpha value is -1.36. The second kappa shape index (κ2) is 5.79. The van der Waals surface area contributed by atoms with Crippen molar-refractivity contribution < 1.29 is 5.11 Å². The van der Waals surface area contributed by atoms with Gasteiger partial charge in [0.25, 0.3) is 0 Å². The molecular formula is C16H20ClN3O. The van der Waals surface area contributed by atoms with Crippen LogP contribution >= 0.6 is 11.6 Å². The fourth-order valence-electron chi connectivity index (χ4n) is 3.01. The molecule has 0 amide bonds. The predicted octanol–water partition coefficient (Wildman–Crippen LogP) is 2.81. The number of halogens is 1. The van der Waals surface area contributed by atoms with Crippen LogP contribution in [0.5, 0.6) is 0 Å². The molecule has 1 aromatic carbocycles. The zero-order valence-electron chi connectivity index (χ0n) is 12.3. The highest BCUT2D eigenvalue weighted by atomic mass is 35.5. The third-order valence-corrected chi connectivity index (χ3v) is 4.37. The molecule has 1 aromatic heterocycles. The number of imidazole rings is 1. The molecule has 112 valence electrons. The summed E-state index contributed by atoms with van der Waals surface area (Å²) in [5.74, 6) is 1.27. The van der Waals surface area contributed by atoms with Gasteiger partial charge in [-0.1, -0.05) is 23.8 Å². The van der Waals surface area contributed by atoms with Crippen LogP contribution in [0.2, 0.25) is 5.02 Å². The maximum atomic E-state index is 9.19. The first-order valence-corrected chi connectivity index (χ1v) is 7.63. The van der Waals surface area contributed by atoms with E-state index in [0.717, 1.165) is 23.3 Å². The molecule has 0 bridgehead atoms. The van der Waals surface area contributed by atoms with Gasteiger partial charge in [0.2, 0.25) is 0 Å². The van der Waals surface area contributed by atoms with Gasteiger partial charge in [-0.05, 0) is 31.5 Å². The number of nitrogens with one attached hydrogen (secondary N) is 1. The molecule has 0 fully saturated rings. The second-order valence-electron chi connectivity index (χ2n) is 5.72. The molecule has 1 aliphatic rings. The molecule has 0 saturated heterocycles. The van der Waals surface area contributed by atoms with Gasteiger partial charge in [-0.3, -0.25) is 0 Å². The van der Waals surface area contributed by atoms with E-state index in [0.29, 0.717) is 11.1 Å². The first kappa shape index (κ1) is 14.6. The van der Waals surface area contributed by atoms with Crippen molar-refractivity contribution in [2.75, 3.05) is 6.61 Å². The largest absolute Gasteiger partial charge is 0.396 e. The van der Waals surface area contributed by atoms with Crippen molar-refractivity contribution in [3.05, 3.63) is 41.2 Å². The normalized spacial score (nSPS) is 23.0. The van der Waals surface area contributed by atoms with Gasteiger partial charge < -0.3 is 15.0 Å². The average molecular weight is 306 g/mol. The van der Waals surface area contributed by atoms with E-state index in [4.69, 9.17) is 16.6 Å². The molecule has 3 atom stereocenters. The average Bonchev–Trinajstić information content (AvgIpc) is 3.03. The first-order valence-electron chi connectivity index (χ1n) is 7.25. The molecule has 0 aliphatic heterocycles. The van der Waals surface area contributed by atoms with Crippen LogP contribution in [0.3, 0.4) is 0 Å². The van der Waals surface area contributed by atoms with Gasteiger partial charge in [-0.2, -0.15) is 0 Å². The monoisotopic (exact) mass is 305 g/mol. The van der Waals surface area contributed by atoms with Gasteiger partial charge in [0.15, 0.2) is 0 Å². The number of aliphatic hydroxyl groups excluding tert-OH is 1. The Morgan fingerprint density at radius 3 is 3.00 bits per heavy atom. The minimum absolute atomic E-state index is 0.133. The lowest BCUT2D eigenvalue weighted by atomic mass is 10.1. The lowest BCUT2D eigenvalue weighted by Crippen LogP contribution is -2.30. The van der Waals surface area contributed by atoms with Crippen LogP contribution in [0.15, 0.2) is 30.4 Å². The third kappa shape index (κ3) is 2.84. The summed E-state index contributed by atoms with van der Waals surface area (Å²) in [6.07, 6.45) is 5.16. The van der Waals surface area contributed by atoms with Gasteiger partial charge in [-0.15, -0.1) is 0 Å². The number of rotatable bonds is 4. The van der Waals surface area contributed by atoms with E-state index >= 15 is 0 Å². The fourth-order valence-corrected chi connectivity index (χ4v) is 3.17. The SMILES string of the molecule is C[C@@H](N[C@@H]1C=C[C@H](CO)C1)c1nc2cc(Cl)ccc2n1C. The molecule has 1 aliphatic carbocycles. The van der Waals surface area contributed by atoms with Crippen LogP contribution in [-0.2, 0) is 7.05 Å². The number of aliphatic hydroxyl groups is 1. The Kier molecular flexibility index (Phi) is 4.02. The molecule has 0 unspecified atom stereocenters. The number of hydrogen-bond donors (Lipinski definition) is 2. The molecular weight excluding hydrogens is 286 g/mol. The second-order valence-corrected chi connectivity index (χ2v) is 6.16. The van der Waals surface area contributed by atoms with Gasteiger partial charge >= 0.3 is 0 Å². The molecule has 2 aromatic rings. The first-order chi connectivity index (χ1) is 10.1. The van der Waals surface area contributed by atoms with Crippen LogP contribution in [0.1, 0.15) is 25.2 Å². The lowest BCUT2D eigenvalue weighted by Gasteiger charge is -2.19. The number of fused-ring (bicyclic) bond motifs is 1. The highest BCUT2D eigenvalue weighted by Crippen LogP contribution is 2.24. The summed E-state index contributed by atoms with van der Waals surface area (Å²) in [5.41, 5.74) is 2.00. The number of aryl methyl sites for hydroxylation is 1. The van der Waals surface area contributed by atoms with Gasteiger partial charge in [0, 0.05) is 30.6 Å². The van der Waals surface area contributed by atoms with Crippen molar-refractivity contribution >= 4 is 22.6 Å². The Morgan fingerprint density at radius 2 is 2.29 bits per heavy atom. The molecule has 21 heavy (non-hydrogen) atoms. The molecule has 0 saturated carbocycles. The highest BCUT2D eigenvalue weighted by molar-refractivity contribution is 6.31. The lowest BCUT2D eigenvalue weighted by molar-refractivity contribution is 0.244. The fraction of sp³-hybridized carbons (Fsp3) is 0.438. The van der Waals surface area contributed by atoms with Gasteiger partial charge in [-0.25, -0.2) is 4.98 Å². The molecule has 0 radical (unpaired) electrons. The molecule has 3 rings (SSSR count). The van der Waals surface area contributed by atoms with Crippen molar-refractivity contribution in [3.63, 3.8) is 0 Å². The van der Waals surface area contributed by atoms with Crippen molar-refractivity contribution in [1.82, 2.24) is 14.9 Å². The standard InChI is InChI=1S/C16H20ClN3O/c1-10(18-13-5-3-11(7-13)9-21)16-19-14-8-12(17)4-6-15(14)20(16)2/h3-6,8,10-11,13,18,21H,7,9H2,1-2H3/t10-,11+,13-/m1/s1. The Bertz CT molecular complexity index is 679. The van der Waals surface area contributed by atoms with Crippen molar-refractivity contribution in [2.45, 2.75) is 25.4 Å². The van der Waals surface area contributed by atoms with Crippen molar-refractivity contribution in [2.24, 2.45) is 13.0 Å². The Morgan fingerprint density at radius 1 is 1.48 bits per heavy atom.